The van der Waals surface area contributed by atoms with E-state index in [1.54, 1.807) is 0 Å². The van der Waals surface area contributed by atoms with E-state index in [0.29, 0.717) is 6.54 Å². The van der Waals surface area contributed by atoms with Crippen molar-refractivity contribution < 1.29 is 14.6 Å². The lowest BCUT2D eigenvalue weighted by atomic mass is 9.87. The Morgan fingerprint density at radius 1 is 1.27 bits per heavy atom. The summed E-state index contributed by atoms with van der Waals surface area (Å²) in [6.45, 7) is 5.75. The molecule has 0 aromatic heterocycles. The second kappa shape index (κ2) is 8.42. The maximum atomic E-state index is 11.1. The van der Waals surface area contributed by atoms with E-state index in [1.807, 2.05) is 43.3 Å². The molecule has 4 rings (SSSR count). The first-order valence-electron chi connectivity index (χ1n) is 10.3. The van der Waals surface area contributed by atoms with Gasteiger partial charge in [0.15, 0.2) is 0 Å². The number of halogens is 1. The Morgan fingerprint density at radius 2 is 1.97 bits per heavy atom. The molecule has 30 heavy (non-hydrogen) atoms. The Morgan fingerprint density at radius 3 is 2.63 bits per heavy atom. The molecule has 6 heteroatoms. The Labute approximate surface area is 182 Å². The minimum Gasteiger partial charge on any atom is -0.482 e. The number of aliphatic hydroxyl groups is 1. The molecule has 2 aromatic carbocycles. The van der Waals surface area contributed by atoms with Gasteiger partial charge in [-0.15, -0.1) is 0 Å². The van der Waals surface area contributed by atoms with Crippen LogP contribution in [0, 0.1) is 6.92 Å². The number of amides is 1. The van der Waals surface area contributed by atoms with Crippen LogP contribution in [0.1, 0.15) is 42.6 Å². The number of fused-ring (bicyclic) bond motifs is 1. The van der Waals surface area contributed by atoms with E-state index < -0.39 is 6.10 Å². The van der Waals surface area contributed by atoms with Gasteiger partial charge in [0, 0.05) is 55.7 Å². The zero-order chi connectivity index (χ0) is 21.3. The average molecular weight is 427 g/mol. The highest BCUT2D eigenvalue weighted by molar-refractivity contribution is 6.31. The van der Waals surface area contributed by atoms with Crippen LogP contribution < -0.4 is 10.1 Å². The molecule has 2 aliphatic rings. The summed E-state index contributed by atoms with van der Waals surface area (Å²) < 4.78 is 6.41. The first kappa shape index (κ1) is 20.9. The second-order valence-corrected chi connectivity index (χ2v) is 8.67. The predicted molar refractivity (Wildman–Crippen MR) is 120 cm³/mol. The zero-order valence-electron chi connectivity index (χ0n) is 17.3. The minimum atomic E-state index is -0.571. The van der Waals surface area contributed by atoms with E-state index in [2.05, 4.69) is 22.4 Å². The lowest BCUT2D eigenvalue weighted by Gasteiger charge is -2.42. The number of carbonyl (C=O) groups excluding carboxylic acids is 1. The molecule has 1 amide bonds. The van der Waals surface area contributed by atoms with E-state index in [0.717, 1.165) is 59.1 Å². The fourth-order valence-corrected chi connectivity index (χ4v) is 4.28. The lowest BCUT2D eigenvalue weighted by Crippen LogP contribution is -2.48. The van der Waals surface area contributed by atoms with Crippen LogP contribution in [0.5, 0.6) is 5.75 Å². The van der Waals surface area contributed by atoms with Gasteiger partial charge in [-0.25, -0.2) is 0 Å². The summed E-state index contributed by atoms with van der Waals surface area (Å²) in [6, 6.07) is 11.3. The highest BCUT2D eigenvalue weighted by atomic mass is 35.5. The van der Waals surface area contributed by atoms with Gasteiger partial charge in [-0.2, -0.15) is 0 Å². The summed E-state index contributed by atoms with van der Waals surface area (Å²) in [4.78, 5) is 13.4. The summed E-state index contributed by atoms with van der Waals surface area (Å²) >= 11 is 6.23. The van der Waals surface area contributed by atoms with Crippen molar-refractivity contribution in [2.75, 3.05) is 25.0 Å². The number of hydrogen-bond donors (Lipinski definition) is 2. The number of likely N-dealkylation sites (tertiary alicyclic amines) is 1. The molecule has 2 aromatic rings. The van der Waals surface area contributed by atoms with Crippen molar-refractivity contribution in [1.82, 2.24) is 4.90 Å². The smallest absolute Gasteiger partial charge is 0.221 e. The molecule has 2 N–H and O–H groups in total. The van der Waals surface area contributed by atoms with Gasteiger partial charge in [-0.3, -0.25) is 4.79 Å². The van der Waals surface area contributed by atoms with Crippen LogP contribution in [0.15, 0.2) is 42.5 Å². The van der Waals surface area contributed by atoms with E-state index in [1.165, 1.54) is 6.92 Å². The third-order valence-corrected chi connectivity index (χ3v) is 6.33. The molecule has 1 unspecified atom stereocenters. The van der Waals surface area contributed by atoms with Crippen molar-refractivity contribution in [3.05, 3.63) is 64.2 Å². The molecule has 0 bridgehead atoms. The molecule has 1 fully saturated rings. The van der Waals surface area contributed by atoms with E-state index in [4.69, 9.17) is 16.3 Å². The maximum absolute atomic E-state index is 11.1. The summed E-state index contributed by atoms with van der Waals surface area (Å²) in [6.07, 6.45) is 5.46. The predicted octanol–water partition coefficient (Wildman–Crippen LogP) is 4.58. The van der Waals surface area contributed by atoms with Crippen molar-refractivity contribution in [2.24, 2.45) is 0 Å². The summed E-state index contributed by atoms with van der Waals surface area (Å²) in [5, 5.41) is 14.1. The topological polar surface area (TPSA) is 61.8 Å². The van der Waals surface area contributed by atoms with Crippen LogP contribution in [0.4, 0.5) is 5.69 Å². The van der Waals surface area contributed by atoms with Crippen LogP contribution >= 0.6 is 11.6 Å². The molecular formula is C24H27ClN2O3. The van der Waals surface area contributed by atoms with Gasteiger partial charge in [-0.05, 0) is 48.4 Å². The van der Waals surface area contributed by atoms with Gasteiger partial charge in [0.1, 0.15) is 11.4 Å². The molecular weight excluding hydrogens is 400 g/mol. The molecule has 1 saturated heterocycles. The van der Waals surface area contributed by atoms with Crippen molar-refractivity contribution in [1.29, 1.82) is 0 Å². The Balaban J connectivity index is 1.35. The molecule has 2 aliphatic heterocycles. The van der Waals surface area contributed by atoms with Crippen LogP contribution in [-0.4, -0.2) is 41.1 Å². The van der Waals surface area contributed by atoms with Crippen LogP contribution in [0.25, 0.3) is 6.08 Å². The highest BCUT2D eigenvalue weighted by Crippen LogP contribution is 2.39. The number of hydrogen-bond acceptors (Lipinski definition) is 4. The Hall–Kier alpha value is -2.34. The Kier molecular flexibility index (Phi) is 5.87. The van der Waals surface area contributed by atoms with Gasteiger partial charge in [0.05, 0.1) is 6.10 Å². The third kappa shape index (κ3) is 4.53. The third-order valence-electron chi connectivity index (χ3n) is 5.92. The second-order valence-electron chi connectivity index (χ2n) is 8.26. The van der Waals surface area contributed by atoms with E-state index in [-0.39, 0.29) is 11.5 Å². The van der Waals surface area contributed by atoms with Gasteiger partial charge in [0.25, 0.3) is 0 Å². The number of aryl methyl sites for hydroxylation is 1. The average Bonchev–Trinajstić information content (AvgIpc) is 2.71. The number of anilines is 1. The Bertz CT molecular complexity index is 963. The van der Waals surface area contributed by atoms with Crippen LogP contribution in [-0.2, 0) is 4.79 Å². The minimum absolute atomic E-state index is 0.106. The van der Waals surface area contributed by atoms with Crippen molar-refractivity contribution in [3.63, 3.8) is 0 Å². The number of ether oxygens (including phenoxy) is 1. The number of nitrogens with one attached hydrogen (secondary N) is 1. The SMILES string of the molecule is CC(=O)Nc1ccc(C(O)CN2CCC3(C=Cc4cc(Cl)c(C)cc4O3)CC2)cc1. The standard InChI is InChI=1S/C24H27ClN2O3/c1-16-13-23-19(14-21(16)25)7-8-24(30-23)9-11-27(12-10-24)15-22(29)18-3-5-20(6-4-18)26-17(2)28/h3-8,13-14,22,29H,9-12,15H2,1-2H3,(H,26,28). The molecule has 5 nitrogen and oxygen atoms in total. The van der Waals surface area contributed by atoms with Gasteiger partial charge < -0.3 is 20.1 Å². The van der Waals surface area contributed by atoms with E-state index in [9.17, 15) is 9.90 Å². The molecule has 0 aliphatic carbocycles. The molecule has 1 spiro atoms. The number of piperidine rings is 1. The first-order chi connectivity index (χ1) is 14.3. The summed E-state index contributed by atoms with van der Waals surface area (Å²) in [5.41, 5.74) is 3.34. The van der Waals surface area contributed by atoms with Crippen molar-refractivity contribution >= 4 is 29.3 Å². The number of β-amino-alcohol motifs (C(OH)–C–C–N with tert-alkyl or cyclic N) is 1. The normalized spacial score (nSPS) is 18.5. The summed E-state index contributed by atoms with van der Waals surface area (Å²) in [7, 11) is 0. The summed E-state index contributed by atoms with van der Waals surface area (Å²) in [5.74, 6) is 0.789. The maximum Gasteiger partial charge on any atom is 0.221 e. The van der Waals surface area contributed by atoms with Crippen molar-refractivity contribution in [3.8, 4) is 5.75 Å². The van der Waals surface area contributed by atoms with Gasteiger partial charge in [-0.1, -0.05) is 29.8 Å². The molecule has 0 saturated carbocycles. The molecule has 158 valence electrons. The van der Waals surface area contributed by atoms with Gasteiger partial charge in [0.2, 0.25) is 5.91 Å². The monoisotopic (exact) mass is 426 g/mol. The fourth-order valence-electron chi connectivity index (χ4n) is 4.11. The highest BCUT2D eigenvalue weighted by Gasteiger charge is 2.37. The molecule has 2 heterocycles. The van der Waals surface area contributed by atoms with Crippen LogP contribution in [0.2, 0.25) is 5.02 Å². The molecule has 1 atom stereocenters. The fraction of sp³-hybridized carbons (Fsp3) is 0.375. The number of aliphatic hydroxyl groups excluding tert-OH is 1. The lowest BCUT2D eigenvalue weighted by molar-refractivity contribution is -0.114. The van der Waals surface area contributed by atoms with Crippen LogP contribution in [0.3, 0.4) is 0 Å². The van der Waals surface area contributed by atoms with E-state index >= 15 is 0 Å². The largest absolute Gasteiger partial charge is 0.482 e. The molecule has 0 radical (unpaired) electrons. The number of benzene rings is 2. The van der Waals surface area contributed by atoms with Crippen molar-refractivity contribution in [2.45, 2.75) is 38.4 Å². The number of rotatable bonds is 4. The number of nitrogens with zero attached hydrogens (tertiary/aromatic N) is 1. The zero-order valence-corrected chi connectivity index (χ0v) is 18.1. The van der Waals surface area contributed by atoms with Gasteiger partial charge >= 0.3 is 0 Å². The quantitative estimate of drug-likeness (QED) is 0.751. The number of carbonyl (C=O) groups is 1. The first-order valence-corrected chi connectivity index (χ1v) is 10.7.